The van der Waals surface area contributed by atoms with Gasteiger partial charge in [-0.05, 0) is 6.92 Å². The fourth-order valence-corrected chi connectivity index (χ4v) is 0.393. The summed E-state index contributed by atoms with van der Waals surface area (Å²) in [5.41, 5.74) is 0.288. The van der Waals surface area contributed by atoms with E-state index in [1.54, 1.807) is 20.8 Å². The van der Waals surface area contributed by atoms with Crippen molar-refractivity contribution in [1.82, 2.24) is 0 Å². The molecule has 0 fully saturated rings. The summed E-state index contributed by atoms with van der Waals surface area (Å²) in [6.07, 6.45) is 0. The highest BCUT2D eigenvalue weighted by Gasteiger charge is 2.29. The molecule has 0 saturated heterocycles. The number of carbonyl (C=O) groups is 1. The molecule has 0 bridgehead atoms. The summed E-state index contributed by atoms with van der Waals surface area (Å²) >= 11 is 0. The van der Waals surface area contributed by atoms with E-state index >= 15 is 0 Å². The van der Waals surface area contributed by atoms with E-state index in [2.05, 4.69) is 6.58 Å². The lowest BCUT2D eigenvalue weighted by Gasteiger charge is -2.27. The van der Waals surface area contributed by atoms with Gasteiger partial charge in [0.05, 0.1) is 0 Å². The molecule has 0 aliphatic rings. The Kier molecular flexibility index (Phi) is 3.46. The van der Waals surface area contributed by atoms with Gasteiger partial charge in [-0.15, -0.1) is 0 Å². The van der Waals surface area contributed by atoms with E-state index in [1.165, 1.54) is 6.92 Å². The Bertz CT molecular complexity index is 192. The second kappa shape index (κ2) is 3.72. The molecular formula is C9H16O3. The zero-order chi connectivity index (χ0) is 9.94. The molecule has 0 aliphatic carbocycles. The Balaban J connectivity index is 4.25. The van der Waals surface area contributed by atoms with Crippen molar-refractivity contribution in [3.8, 4) is 0 Å². The van der Waals surface area contributed by atoms with E-state index in [1.807, 2.05) is 0 Å². The van der Waals surface area contributed by atoms with Crippen molar-refractivity contribution in [1.29, 1.82) is 0 Å². The smallest absolute Gasteiger partial charge is 0.335 e. The maximum Gasteiger partial charge on any atom is 0.335 e. The predicted molar refractivity (Wildman–Crippen MR) is 46.4 cm³/mol. The van der Waals surface area contributed by atoms with E-state index < -0.39 is 11.8 Å². The number of aliphatic hydroxyl groups is 1. The highest BCUT2D eigenvalue weighted by atomic mass is 16.7. The highest BCUT2D eigenvalue weighted by Crippen LogP contribution is 2.18. The maximum absolute atomic E-state index is 11.0. The van der Waals surface area contributed by atoms with Crippen molar-refractivity contribution in [2.24, 2.45) is 5.92 Å². The summed E-state index contributed by atoms with van der Waals surface area (Å²) in [6.45, 7) is 9.95. The molecule has 0 aliphatic heterocycles. The summed E-state index contributed by atoms with van der Waals surface area (Å²) in [7, 11) is 0. The van der Waals surface area contributed by atoms with Crippen LogP contribution in [-0.2, 0) is 9.53 Å². The Morgan fingerprint density at radius 3 is 2.25 bits per heavy atom. The number of rotatable bonds is 3. The van der Waals surface area contributed by atoms with Crippen LogP contribution in [0.2, 0.25) is 0 Å². The van der Waals surface area contributed by atoms with Crippen LogP contribution >= 0.6 is 0 Å². The van der Waals surface area contributed by atoms with Crippen molar-refractivity contribution < 1.29 is 14.6 Å². The van der Waals surface area contributed by atoms with E-state index in [4.69, 9.17) is 4.74 Å². The quantitative estimate of drug-likeness (QED) is 0.398. The van der Waals surface area contributed by atoms with Crippen LogP contribution in [0, 0.1) is 5.92 Å². The van der Waals surface area contributed by atoms with Crippen molar-refractivity contribution in [2.45, 2.75) is 33.5 Å². The first-order valence-electron chi connectivity index (χ1n) is 3.88. The lowest BCUT2D eigenvalue weighted by atomic mass is 10.1. The van der Waals surface area contributed by atoms with E-state index in [-0.39, 0.29) is 11.5 Å². The Hall–Kier alpha value is -0.830. The van der Waals surface area contributed by atoms with Gasteiger partial charge in [0.15, 0.2) is 0 Å². The Labute approximate surface area is 73.0 Å². The van der Waals surface area contributed by atoms with Gasteiger partial charge in [-0.3, -0.25) is 0 Å². The van der Waals surface area contributed by atoms with Gasteiger partial charge < -0.3 is 9.84 Å². The van der Waals surface area contributed by atoms with Crippen molar-refractivity contribution in [3.63, 3.8) is 0 Å². The van der Waals surface area contributed by atoms with E-state index in [0.717, 1.165) is 0 Å². The average Bonchev–Trinajstić information content (AvgIpc) is 1.85. The van der Waals surface area contributed by atoms with Crippen LogP contribution in [0.3, 0.4) is 0 Å². The first-order chi connectivity index (χ1) is 5.27. The molecule has 1 atom stereocenters. The molecule has 1 unspecified atom stereocenters. The molecule has 70 valence electrons. The lowest BCUT2D eigenvalue weighted by Crippen LogP contribution is -2.36. The molecule has 0 amide bonds. The molecule has 0 saturated carbocycles. The average molecular weight is 172 g/mol. The minimum atomic E-state index is -1.41. The number of esters is 1. The Morgan fingerprint density at radius 2 is 2.00 bits per heavy atom. The fraction of sp³-hybridized carbons (Fsp3) is 0.667. The van der Waals surface area contributed by atoms with Crippen molar-refractivity contribution in [2.75, 3.05) is 0 Å². The monoisotopic (exact) mass is 172 g/mol. The zero-order valence-corrected chi connectivity index (χ0v) is 8.05. The summed E-state index contributed by atoms with van der Waals surface area (Å²) in [5, 5.41) is 9.53. The predicted octanol–water partition coefficient (Wildman–Crippen LogP) is 1.47. The van der Waals surface area contributed by atoms with Crippen molar-refractivity contribution in [3.05, 3.63) is 12.2 Å². The Morgan fingerprint density at radius 1 is 1.58 bits per heavy atom. The van der Waals surface area contributed by atoms with Gasteiger partial charge >= 0.3 is 5.97 Å². The normalized spacial score (nSPS) is 15.5. The second-order valence-corrected chi connectivity index (χ2v) is 3.38. The molecule has 0 spiro atoms. The molecule has 1 N–H and O–H groups in total. The van der Waals surface area contributed by atoms with Gasteiger partial charge in [0.1, 0.15) is 0 Å². The van der Waals surface area contributed by atoms with Gasteiger partial charge in [-0.1, -0.05) is 20.4 Å². The fourth-order valence-electron chi connectivity index (χ4n) is 0.393. The van der Waals surface area contributed by atoms with Gasteiger partial charge in [0, 0.05) is 18.4 Å². The molecule has 0 radical (unpaired) electrons. The van der Waals surface area contributed by atoms with Crippen LogP contribution in [0.5, 0.6) is 0 Å². The third-order valence-electron chi connectivity index (χ3n) is 1.72. The lowest BCUT2D eigenvalue weighted by molar-refractivity contribution is -0.214. The second-order valence-electron chi connectivity index (χ2n) is 3.38. The number of hydrogen-bond donors (Lipinski definition) is 1. The standard InChI is InChI=1S/C9H16O3/c1-6(2)8(10)12-9(5,11)7(3)4/h7,11H,1H2,2-5H3. The molecule has 0 rings (SSSR count). The molecule has 0 aromatic rings. The summed E-state index contributed by atoms with van der Waals surface area (Å²) in [6, 6.07) is 0. The zero-order valence-electron chi connectivity index (χ0n) is 8.05. The van der Waals surface area contributed by atoms with Crippen LogP contribution in [0.1, 0.15) is 27.7 Å². The third kappa shape index (κ3) is 3.05. The van der Waals surface area contributed by atoms with Gasteiger partial charge in [0.2, 0.25) is 5.79 Å². The topological polar surface area (TPSA) is 46.5 Å². The summed E-state index contributed by atoms with van der Waals surface area (Å²) in [5.74, 6) is -2.11. The summed E-state index contributed by atoms with van der Waals surface area (Å²) in [4.78, 5) is 11.0. The molecule has 3 nitrogen and oxygen atoms in total. The summed E-state index contributed by atoms with van der Waals surface area (Å²) < 4.78 is 4.78. The number of carbonyl (C=O) groups excluding carboxylic acids is 1. The first-order valence-corrected chi connectivity index (χ1v) is 3.88. The largest absolute Gasteiger partial charge is 0.430 e. The highest BCUT2D eigenvalue weighted by molar-refractivity contribution is 5.87. The molecule has 0 aromatic carbocycles. The van der Waals surface area contributed by atoms with Crippen LogP contribution in [0.25, 0.3) is 0 Å². The molecule has 0 aromatic heterocycles. The van der Waals surface area contributed by atoms with Gasteiger partial charge in [0.25, 0.3) is 0 Å². The van der Waals surface area contributed by atoms with Crippen LogP contribution in [0.15, 0.2) is 12.2 Å². The minimum Gasteiger partial charge on any atom is -0.430 e. The minimum absolute atomic E-state index is 0.138. The van der Waals surface area contributed by atoms with E-state index in [9.17, 15) is 9.90 Å². The number of ether oxygens (including phenoxy) is 1. The van der Waals surface area contributed by atoms with Crippen molar-refractivity contribution >= 4 is 5.97 Å². The van der Waals surface area contributed by atoms with Crippen LogP contribution in [0.4, 0.5) is 0 Å². The van der Waals surface area contributed by atoms with Gasteiger partial charge in [-0.2, -0.15) is 0 Å². The van der Waals surface area contributed by atoms with Crippen LogP contribution in [-0.4, -0.2) is 16.9 Å². The molecule has 3 heteroatoms. The van der Waals surface area contributed by atoms with Crippen LogP contribution < -0.4 is 0 Å². The maximum atomic E-state index is 11.0. The van der Waals surface area contributed by atoms with Gasteiger partial charge in [-0.25, -0.2) is 4.79 Å². The SMILES string of the molecule is C=C(C)C(=O)OC(C)(O)C(C)C. The molecule has 0 heterocycles. The third-order valence-corrected chi connectivity index (χ3v) is 1.72. The van der Waals surface area contributed by atoms with E-state index in [0.29, 0.717) is 0 Å². The molecular weight excluding hydrogens is 156 g/mol. The first kappa shape index (κ1) is 11.2. The molecule has 12 heavy (non-hydrogen) atoms. The number of hydrogen-bond acceptors (Lipinski definition) is 3.